The molecule has 4 aromatic rings. The Morgan fingerprint density at radius 1 is 0.697 bits per heavy atom. The molecule has 0 unspecified atom stereocenters. The number of ketones is 1. The summed E-state index contributed by atoms with van der Waals surface area (Å²) in [7, 11) is 0. The average Bonchev–Trinajstić information content (AvgIpc) is 3.56. The monoisotopic (exact) mass is 428 g/mol. The van der Waals surface area contributed by atoms with Crippen LogP contribution in [0.25, 0.3) is 21.9 Å². The van der Waals surface area contributed by atoms with Gasteiger partial charge in [-0.2, -0.15) is 0 Å². The number of quaternary nitrogens is 1. The molecule has 0 aromatic heterocycles. The largest absolute Gasteiger partial charge is 0.319 e. The Morgan fingerprint density at radius 2 is 1.33 bits per heavy atom. The Morgan fingerprint density at radius 3 is 2.03 bits per heavy atom. The summed E-state index contributed by atoms with van der Waals surface area (Å²) >= 11 is 0. The van der Waals surface area contributed by atoms with E-state index in [9.17, 15) is 4.79 Å². The molecule has 2 aliphatic carbocycles. The summed E-state index contributed by atoms with van der Waals surface area (Å²) in [5.74, 6) is 0.343. The van der Waals surface area contributed by atoms with Crippen molar-refractivity contribution in [3.05, 3.63) is 119 Å². The van der Waals surface area contributed by atoms with Gasteiger partial charge in [0.05, 0.1) is 19.0 Å². The first-order valence-electron chi connectivity index (χ1n) is 12.1. The van der Waals surface area contributed by atoms with Crippen LogP contribution in [0, 0.1) is 0 Å². The molecule has 33 heavy (non-hydrogen) atoms. The van der Waals surface area contributed by atoms with Crippen molar-refractivity contribution in [3.63, 3.8) is 0 Å². The van der Waals surface area contributed by atoms with E-state index in [1.54, 1.807) is 0 Å². The highest BCUT2D eigenvalue weighted by Crippen LogP contribution is 2.61. The zero-order valence-electron chi connectivity index (χ0n) is 18.6. The van der Waals surface area contributed by atoms with Crippen molar-refractivity contribution < 1.29 is 9.69 Å². The lowest BCUT2D eigenvalue weighted by molar-refractivity contribution is -0.938. The van der Waals surface area contributed by atoms with Gasteiger partial charge in [-0.1, -0.05) is 97.1 Å². The minimum Gasteiger partial charge on any atom is -0.319 e. The molecule has 1 N–H and O–H groups in total. The summed E-state index contributed by atoms with van der Waals surface area (Å²) in [5.41, 5.74) is 6.31. The number of carbonyl (C=O) groups is 1. The maximum absolute atomic E-state index is 14.9. The van der Waals surface area contributed by atoms with Crippen molar-refractivity contribution >= 4 is 27.7 Å². The summed E-state index contributed by atoms with van der Waals surface area (Å²) < 4.78 is 0. The second kappa shape index (κ2) is 7.00. The molecule has 1 saturated heterocycles. The number of rotatable bonds is 3. The number of benzene rings is 4. The lowest BCUT2D eigenvalue weighted by atomic mass is 9.77. The zero-order valence-corrected chi connectivity index (χ0v) is 18.6. The van der Waals surface area contributed by atoms with Gasteiger partial charge in [0.25, 0.3) is 0 Å². The maximum atomic E-state index is 14.9. The van der Waals surface area contributed by atoms with Crippen LogP contribution in [0.5, 0.6) is 0 Å². The van der Waals surface area contributed by atoms with Crippen molar-refractivity contribution in [1.29, 1.82) is 0 Å². The molecule has 7 rings (SSSR count). The highest BCUT2D eigenvalue weighted by atomic mass is 16.1. The molecular formula is C31H26NO+. The van der Waals surface area contributed by atoms with Crippen LogP contribution in [0.3, 0.4) is 0 Å². The third-order valence-corrected chi connectivity index (χ3v) is 8.16. The summed E-state index contributed by atoms with van der Waals surface area (Å²) in [6.45, 7) is 2.10. The first kappa shape index (κ1) is 19.0. The zero-order chi connectivity index (χ0) is 22.0. The van der Waals surface area contributed by atoms with Crippen LogP contribution in [0.2, 0.25) is 0 Å². The number of hydrogen-bond acceptors (Lipinski definition) is 1. The van der Waals surface area contributed by atoms with Gasteiger partial charge < -0.3 is 4.90 Å². The van der Waals surface area contributed by atoms with Crippen LogP contribution in [0.1, 0.15) is 41.0 Å². The number of fused-ring (bicyclic) bond motifs is 3. The lowest BCUT2D eigenvalue weighted by Gasteiger charge is -2.36. The number of likely N-dealkylation sites (tertiary alicyclic amines) is 1. The van der Waals surface area contributed by atoms with E-state index >= 15 is 0 Å². The molecule has 1 aliphatic heterocycles. The highest BCUT2D eigenvalue weighted by molar-refractivity contribution is 6.37. The van der Waals surface area contributed by atoms with E-state index in [0.717, 1.165) is 24.2 Å². The molecule has 1 heterocycles. The van der Waals surface area contributed by atoms with Gasteiger partial charge in [-0.05, 0) is 33.0 Å². The fourth-order valence-electron chi connectivity index (χ4n) is 6.99. The average molecular weight is 429 g/mol. The van der Waals surface area contributed by atoms with Gasteiger partial charge in [0.2, 0.25) is 5.78 Å². The van der Waals surface area contributed by atoms with Gasteiger partial charge >= 0.3 is 0 Å². The van der Waals surface area contributed by atoms with Gasteiger partial charge in [-0.25, -0.2) is 0 Å². The molecule has 160 valence electrons. The summed E-state index contributed by atoms with van der Waals surface area (Å²) in [5, 5.41) is 2.55. The van der Waals surface area contributed by atoms with E-state index in [0.29, 0.717) is 5.78 Å². The SMILES string of the molecule is O=C1C(c2ccccc2)=C(c2ccccc2)[C@@H]2c3cccc4cccc(c34)[C@@]12[NH+]1CCCC1. The molecule has 2 heteroatoms. The number of carbonyl (C=O) groups excluding carboxylic acids is 1. The predicted octanol–water partition coefficient (Wildman–Crippen LogP) is 5.00. The molecule has 0 radical (unpaired) electrons. The van der Waals surface area contributed by atoms with Crippen LogP contribution in [0.4, 0.5) is 0 Å². The molecule has 2 atom stereocenters. The Bertz CT molecular complexity index is 1420. The summed E-state index contributed by atoms with van der Waals surface area (Å²) in [6, 6.07) is 34.2. The van der Waals surface area contributed by atoms with Crippen molar-refractivity contribution in [2.45, 2.75) is 24.3 Å². The van der Waals surface area contributed by atoms with E-state index in [4.69, 9.17) is 0 Å². The van der Waals surface area contributed by atoms with Gasteiger partial charge in [0, 0.05) is 24.0 Å². The number of nitrogens with one attached hydrogen (secondary N) is 1. The molecule has 0 saturated carbocycles. The molecule has 0 bridgehead atoms. The third-order valence-electron chi connectivity index (χ3n) is 8.16. The Balaban J connectivity index is 1.62. The summed E-state index contributed by atoms with van der Waals surface area (Å²) in [6.07, 6.45) is 2.37. The topological polar surface area (TPSA) is 21.5 Å². The van der Waals surface area contributed by atoms with Gasteiger partial charge in [-0.15, -0.1) is 0 Å². The van der Waals surface area contributed by atoms with E-state index in [-0.39, 0.29) is 5.92 Å². The predicted molar refractivity (Wildman–Crippen MR) is 133 cm³/mol. The Labute approximate surface area is 194 Å². The molecule has 3 aliphatic rings. The minimum atomic E-state index is -0.573. The maximum Gasteiger partial charge on any atom is 0.229 e. The van der Waals surface area contributed by atoms with Gasteiger partial charge in [-0.3, -0.25) is 4.79 Å². The van der Waals surface area contributed by atoms with Gasteiger partial charge in [0.15, 0.2) is 5.54 Å². The van der Waals surface area contributed by atoms with Crippen LogP contribution in [-0.2, 0) is 10.3 Å². The summed E-state index contributed by atoms with van der Waals surface area (Å²) in [4.78, 5) is 16.4. The third kappa shape index (κ3) is 2.39. The Hall–Kier alpha value is -3.49. The normalized spacial score (nSPS) is 24.1. The molecular weight excluding hydrogens is 402 g/mol. The second-order valence-corrected chi connectivity index (χ2v) is 9.65. The van der Waals surface area contributed by atoms with Crippen molar-refractivity contribution in [3.8, 4) is 0 Å². The molecule has 4 aromatic carbocycles. The van der Waals surface area contributed by atoms with Gasteiger partial charge in [0.1, 0.15) is 0 Å². The number of hydrogen-bond donors (Lipinski definition) is 1. The van der Waals surface area contributed by atoms with Crippen LogP contribution >= 0.6 is 0 Å². The fraction of sp³-hybridized carbons (Fsp3) is 0.194. The van der Waals surface area contributed by atoms with Crippen molar-refractivity contribution in [2.75, 3.05) is 13.1 Å². The quantitative estimate of drug-likeness (QED) is 0.487. The van der Waals surface area contributed by atoms with Crippen LogP contribution < -0.4 is 4.90 Å². The van der Waals surface area contributed by atoms with E-state index in [1.165, 1.54) is 50.8 Å². The first-order chi connectivity index (χ1) is 16.3. The molecule has 0 spiro atoms. The molecule has 2 nitrogen and oxygen atoms in total. The number of Topliss-reactive ketones (excluding diaryl/α,β-unsaturated/α-hetero) is 1. The molecule has 1 fully saturated rings. The smallest absolute Gasteiger partial charge is 0.229 e. The van der Waals surface area contributed by atoms with E-state index in [1.807, 2.05) is 6.07 Å². The minimum absolute atomic E-state index is 0.0387. The Kier molecular flexibility index (Phi) is 4.04. The second-order valence-electron chi connectivity index (χ2n) is 9.65. The van der Waals surface area contributed by atoms with E-state index < -0.39 is 5.54 Å². The lowest BCUT2D eigenvalue weighted by Crippen LogP contribution is -3.18. The highest BCUT2D eigenvalue weighted by Gasteiger charge is 2.67. The molecule has 0 amide bonds. The fourth-order valence-corrected chi connectivity index (χ4v) is 6.99. The first-order valence-corrected chi connectivity index (χ1v) is 12.1. The van der Waals surface area contributed by atoms with Crippen LogP contribution in [-0.4, -0.2) is 18.9 Å². The van der Waals surface area contributed by atoms with Crippen molar-refractivity contribution in [1.82, 2.24) is 0 Å². The standard InChI is InChI=1S/C31H25NO/c33-30-28(23-13-5-2-6-14-23)27(22-11-3-1-4-12-22)29-24-17-9-15-21-16-10-18-25(26(21)24)31(29,30)32-19-7-8-20-32/h1-6,9-18,29H,7-8,19-20H2/p+1/t29-,31-/m0/s1. The van der Waals surface area contributed by atoms with E-state index in [2.05, 4.69) is 91.0 Å². The van der Waals surface area contributed by atoms with Crippen LogP contribution in [0.15, 0.2) is 97.1 Å². The van der Waals surface area contributed by atoms with Crippen molar-refractivity contribution in [2.24, 2.45) is 0 Å².